The maximum absolute atomic E-state index is 12.0. The van der Waals surface area contributed by atoms with E-state index in [1.54, 1.807) is 0 Å². The molecule has 0 radical (unpaired) electrons. The molecule has 5 nitrogen and oxygen atoms in total. The standard InChI is InChI=1S/C15H19NO4/c17-9-11-3-1-10(2-4-11)8-16-14(18)12-5-6-13(7-12)15(19)20/h1-4,12-13,17H,5-9H2,(H,16,18)(H,19,20)/t12-,13+/m1/s1. The van der Waals surface area contributed by atoms with E-state index in [1.807, 2.05) is 24.3 Å². The van der Waals surface area contributed by atoms with E-state index < -0.39 is 5.97 Å². The van der Waals surface area contributed by atoms with E-state index in [4.69, 9.17) is 10.2 Å². The molecule has 1 saturated carbocycles. The minimum atomic E-state index is -0.806. The molecule has 0 saturated heterocycles. The summed E-state index contributed by atoms with van der Waals surface area (Å²) in [7, 11) is 0. The number of carbonyl (C=O) groups is 2. The fraction of sp³-hybridized carbons (Fsp3) is 0.467. The SMILES string of the molecule is O=C(O)[C@H]1CC[C@@H](C(=O)NCc2ccc(CO)cc2)C1. The maximum Gasteiger partial charge on any atom is 0.306 e. The van der Waals surface area contributed by atoms with Gasteiger partial charge in [-0.25, -0.2) is 0 Å². The molecule has 0 bridgehead atoms. The van der Waals surface area contributed by atoms with Crippen LogP contribution in [0.3, 0.4) is 0 Å². The van der Waals surface area contributed by atoms with E-state index in [-0.39, 0.29) is 24.3 Å². The van der Waals surface area contributed by atoms with Crippen LogP contribution in [0.5, 0.6) is 0 Å². The Labute approximate surface area is 117 Å². The molecule has 1 aliphatic carbocycles. The molecule has 1 aromatic rings. The van der Waals surface area contributed by atoms with Gasteiger partial charge in [-0.15, -0.1) is 0 Å². The third-order valence-electron chi connectivity index (χ3n) is 3.82. The average Bonchev–Trinajstić information content (AvgIpc) is 2.95. The van der Waals surface area contributed by atoms with Gasteiger partial charge in [0.1, 0.15) is 0 Å². The maximum atomic E-state index is 12.0. The number of hydrogen-bond acceptors (Lipinski definition) is 3. The average molecular weight is 277 g/mol. The lowest BCUT2D eigenvalue weighted by Crippen LogP contribution is -2.29. The van der Waals surface area contributed by atoms with E-state index in [0.717, 1.165) is 11.1 Å². The van der Waals surface area contributed by atoms with Crippen molar-refractivity contribution in [1.29, 1.82) is 0 Å². The van der Waals surface area contributed by atoms with Crippen molar-refractivity contribution in [2.24, 2.45) is 11.8 Å². The Morgan fingerprint density at radius 2 is 1.70 bits per heavy atom. The molecule has 0 spiro atoms. The Balaban J connectivity index is 1.81. The van der Waals surface area contributed by atoms with Gasteiger partial charge in [0.2, 0.25) is 5.91 Å². The Kier molecular flexibility index (Phi) is 4.74. The van der Waals surface area contributed by atoms with Crippen LogP contribution < -0.4 is 5.32 Å². The van der Waals surface area contributed by atoms with Gasteiger partial charge in [0.15, 0.2) is 0 Å². The first-order chi connectivity index (χ1) is 9.60. The van der Waals surface area contributed by atoms with Crippen LogP contribution in [0.25, 0.3) is 0 Å². The summed E-state index contributed by atoms with van der Waals surface area (Å²) in [4.78, 5) is 22.8. The fourth-order valence-electron chi connectivity index (χ4n) is 2.54. The number of aliphatic carboxylic acids is 1. The van der Waals surface area contributed by atoms with Crippen LogP contribution in [0.15, 0.2) is 24.3 Å². The summed E-state index contributed by atoms with van der Waals surface area (Å²) in [5, 5.41) is 20.7. The normalized spacial score (nSPS) is 21.6. The summed E-state index contributed by atoms with van der Waals surface area (Å²) in [5.74, 6) is -1.44. The molecule has 2 atom stereocenters. The highest BCUT2D eigenvalue weighted by Crippen LogP contribution is 2.31. The van der Waals surface area contributed by atoms with Crippen molar-refractivity contribution in [3.8, 4) is 0 Å². The number of carbonyl (C=O) groups excluding carboxylic acids is 1. The number of benzene rings is 1. The molecule has 1 amide bonds. The minimum Gasteiger partial charge on any atom is -0.481 e. The molecule has 2 rings (SSSR count). The molecule has 1 fully saturated rings. The Morgan fingerprint density at radius 3 is 2.25 bits per heavy atom. The van der Waals surface area contributed by atoms with E-state index in [9.17, 15) is 9.59 Å². The largest absolute Gasteiger partial charge is 0.481 e. The third kappa shape index (κ3) is 3.57. The van der Waals surface area contributed by atoms with E-state index in [0.29, 0.717) is 25.8 Å². The van der Waals surface area contributed by atoms with Gasteiger partial charge in [-0.3, -0.25) is 9.59 Å². The second kappa shape index (κ2) is 6.52. The molecule has 0 aromatic heterocycles. The van der Waals surface area contributed by atoms with E-state index >= 15 is 0 Å². The van der Waals surface area contributed by atoms with Crippen molar-refractivity contribution < 1.29 is 19.8 Å². The number of aliphatic hydroxyl groups excluding tert-OH is 1. The van der Waals surface area contributed by atoms with Gasteiger partial charge in [0, 0.05) is 12.5 Å². The van der Waals surface area contributed by atoms with Gasteiger partial charge in [-0.05, 0) is 30.4 Å². The lowest BCUT2D eigenvalue weighted by molar-refractivity contribution is -0.141. The second-order valence-electron chi connectivity index (χ2n) is 5.24. The Morgan fingerprint density at radius 1 is 1.10 bits per heavy atom. The van der Waals surface area contributed by atoms with Crippen LogP contribution in [0.2, 0.25) is 0 Å². The number of carboxylic acid groups (broad SMARTS) is 1. The zero-order chi connectivity index (χ0) is 14.5. The number of rotatable bonds is 5. The van der Waals surface area contributed by atoms with Gasteiger partial charge >= 0.3 is 5.97 Å². The Bertz CT molecular complexity index is 483. The second-order valence-corrected chi connectivity index (χ2v) is 5.24. The number of nitrogens with one attached hydrogen (secondary N) is 1. The first-order valence-corrected chi connectivity index (χ1v) is 6.79. The highest BCUT2D eigenvalue weighted by atomic mass is 16.4. The summed E-state index contributed by atoms with van der Waals surface area (Å²) in [6.45, 7) is 0.435. The van der Waals surface area contributed by atoms with Crippen molar-refractivity contribution in [3.05, 3.63) is 35.4 Å². The van der Waals surface area contributed by atoms with Gasteiger partial charge < -0.3 is 15.5 Å². The molecule has 20 heavy (non-hydrogen) atoms. The van der Waals surface area contributed by atoms with Crippen molar-refractivity contribution in [2.75, 3.05) is 0 Å². The van der Waals surface area contributed by atoms with Gasteiger partial charge in [0.25, 0.3) is 0 Å². The van der Waals surface area contributed by atoms with Gasteiger partial charge in [0.05, 0.1) is 12.5 Å². The van der Waals surface area contributed by atoms with Crippen LogP contribution in [-0.4, -0.2) is 22.1 Å². The predicted molar refractivity (Wildman–Crippen MR) is 72.7 cm³/mol. The third-order valence-corrected chi connectivity index (χ3v) is 3.82. The molecule has 0 heterocycles. The van der Waals surface area contributed by atoms with Crippen molar-refractivity contribution >= 4 is 11.9 Å². The summed E-state index contributed by atoms with van der Waals surface area (Å²) in [5.41, 5.74) is 1.79. The van der Waals surface area contributed by atoms with Crippen LogP contribution in [0.1, 0.15) is 30.4 Å². The molecular formula is C15H19NO4. The molecule has 5 heteroatoms. The van der Waals surface area contributed by atoms with Crippen LogP contribution in [0.4, 0.5) is 0 Å². The number of amides is 1. The molecule has 0 unspecified atom stereocenters. The molecule has 0 aliphatic heterocycles. The van der Waals surface area contributed by atoms with Crippen LogP contribution in [-0.2, 0) is 22.7 Å². The zero-order valence-corrected chi connectivity index (χ0v) is 11.2. The zero-order valence-electron chi connectivity index (χ0n) is 11.2. The molecule has 1 aliphatic rings. The van der Waals surface area contributed by atoms with E-state index in [2.05, 4.69) is 5.32 Å². The van der Waals surface area contributed by atoms with Crippen molar-refractivity contribution in [1.82, 2.24) is 5.32 Å². The first kappa shape index (κ1) is 14.5. The van der Waals surface area contributed by atoms with E-state index in [1.165, 1.54) is 0 Å². The summed E-state index contributed by atoms with van der Waals surface area (Å²) >= 11 is 0. The quantitative estimate of drug-likeness (QED) is 0.757. The topological polar surface area (TPSA) is 86.6 Å². The first-order valence-electron chi connectivity index (χ1n) is 6.79. The van der Waals surface area contributed by atoms with Crippen LogP contribution >= 0.6 is 0 Å². The lowest BCUT2D eigenvalue weighted by Gasteiger charge is -2.11. The molecule has 3 N–H and O–H groups in total. The van der Waals surface area contributed by atoms with Gasteiger partial charge in [-0.2, -0.15) is 0 Å². The highest BCUT2D eigenvalue weighted by Gasteiger charge is 2.33. The fourth-order valence-corrected chi connectivity index (χ4v) is 2.54. The number of carboxylic acids is 1. The minimum absolute atomic E-state index is 0.00525. The molecule has 1 aromatic carbocycles. The summed E-state index contributed by atoms with van der Waals surface area (Å²) in [6, 6.07) is 7.36. The van der Waals surface area contributed by atoms with Crippen molar-refractivity contribution in [3.63, 3.8) is 0 Å². The van der Waals surface area contributed by atoms with Crippen LogP contribution in [0, 0.1) is 11.8 Å². The van der Waals surface area contributed by atoms with Crippen molar-refractivity contribution in [2.45, 2.75) is 32.4 Å². The Hall–Kier alpha value is -1.88. The summed E-state index contributed by atoms with van der Waals surface area (Å²) in [6.07, 6.45) is 1.66. The number of aliphatic hydroxyl groups is 1. The highest BCUT2D eigenvalue weighted by molar-refractivity contribution is 5.80. The summed E-state index contributed by atoms with van der Waals surface area (Å²) < 4.78 is 0. The molecular weight excluding hydrogens is 258 g/mol. The van der Waals surface area contributed by atoms with Gasteiger partial charge in [-0.1, -0.05) is 24.3 Å². The lowest BCUT2D eigenvalue weighted by atomic mass is 10.0. The number of hydrogen-bond donors (Lipinski definition) is 3. The monoisotopic (exact) mass is 277 g/mol. The predicted octanol–water partition coefficient (Wildman–Crippen LogP) is 1.30. The molecule has 108 valence electrons. The smallest absolute Gasteiger partial charge is 0.306 e.